The molecule has 1 heterocycles. The summed E-state index contributed by atoms with van der Waals surface area (Å²) >= 11 is 1.55. The number of aromatic nitrogens is 1. The summed E-state index contributed by atoms with van der Waals surface area (Å²) in [7, 11) is 0. The molecule has 3 nitrogen and oxygen atoms in total. The molecule has 2 rings (SSSR count). The predicted octanol–water partition coefficient (Wildman–Crippen LogP) is 3.37. The van der Waals surface area contributed by atoms with E-state index in [0.717, 1.165) is 15.9 Å². The first kappa shape index (κ1) is 12.0. The lowest BCUT2D eigenvalue weighted by atomic mass is 9.97. The van der Waals surface area contributed by atoms with E-state index in [4.69, 9.17) is 5.11 Å². The Kier molecular flexibility index (Phi) is 3.15. The molecule has 0 fully saturated rings. The van der Waals surface area contributed by atoms with Crippen LogP contribution in [0.25, 0.3) is 10.9 Å². The Balaban J connectivity index is 2.12. The van der Waals surface area contributed by atoms with E-state index in [-0.39, 0.29) is 0 Å². The number of carbonyl (C=O) groups is 1. The van der Waals surface area contributed by atoms with Gasteiger partial charge in [0, 0.05) is 16.7 Å². The monoisotopic (exact) mass is 249 g/mol. The summed E-state index contributed by atoms with van der Waals surface area (Å²) in [5.41, 5.74) is 0.380. The molecule has 1 aromatic heterocycles. The third kappa shape index (κ3) is 2.64. The molecule has 0 amide bonds. The third-order valence-electron chi connectivity index (χ3n) is 2.67. The first-order valence-electron chi connectivity index (χ1n) is 5.43. The highest BCUT2D eigenvalue weighted by Gasteiger charge is 2.27. The molecule has 2 N–H and O–H groups in total. The Bertz CT molecular complexity index is 512. The number of benzene rings is 1. The van der Waals surface area contributed by atoms with Crippen LogP contribution in [-0.2, 0) is 4.79 Å². The molecule has 0 aliphatic rings. The van der Waals surface area contributed by atoms with Crippen molar-refractivity contribution in [2.45, 2.75) is 18.9 Å². The number of rotatable bonds is 4. The molecule has 90 valence electrons. The van der Waals surface area contributed by atoms with E-state index in [2.05, 4.69) is 11.1 Å². The highest BCUT2D eigenvalue weighted by molar-refractivity contribution is 7.99. The van der Waals surface area contributed by atoms with Crippen molar-refractivity contribution in [3.05, 3.63) is 30.3 Å². The largest absolute Gasteiger partial charge is 0.481 e. The summed E-state index contributed by atoms with van der Waals surface area (Å²) in [5.74, 6) is -0.212. The number of aliphatic carboxylic acids is 1. The van der Waals surface area contributed by atoms with Gasteiger partial charge in [0.25, 0.3) is 0 Å². The topological polar surface area (TPSA) is 53.1 Å². The van der Waals surface area contributed by atoms with Gasteiger partial charge < -0.3 is 10.1 Å². The molecular formula is C13H15NO2S. The number of hydrogen-bond donors (Lipinski definition) is 2. The molecule has 0 atom stereocenters. The maximum absolute atomic E-state index is 11.0. The Hall–Kier alpha value is -1.42. The molecular weight excluding hydrogens is 234 g/mol. The maximum atomic E-state index is 11.0. The van der Waals surface area contributed by atoms with Crippen molar-refractivity contribution >= 4 is 28.6 Å². The second-order valence-corrected chi connectivity index (χ2v) is 5.72. The van der Waals surface area contributed by atoms with Crippen molar-refractivity contribution in [3.63, 3.8) is 0 Å². The average molecular weight is 249 g/mol. The van der Waals surface area contributed by atoms with E-state index in [1.807, 2.05) is 24.3 Å². The fourth-order valence-corrected chi connectivity index (χ4v) is 2.48. The standard InChI is InChI=1S/C13H15NO2S/c1-13(2,12(15)16)8-17-11-7-9-5-3-4-6-10(9)14-11/h3-7,14H,8H2,1-2H3,(H,15,16). The Labute approximate surface area is 104 Å². The quantitative estimate of drug-likeness (QED) is 0.817. The number of thioether (sulfide) groups is 1. The summed E-state index contributed by atoms with van der Waals surface area (Å²) in [6, 6.07) is 10.1. The van der Waals surface area contributed by atoms with E-state index in [1.165, 1.54) is 0 Å². The van der Waals surface area contributed by atoms with Crippen LogP contribution in [0, 0.1) is 5.41 Å². The fraction of sp³-hybridized carbons (Fsp3) is 0.308. The SMILES string of the molecule is CC(C)(CSc1cc2ccccc2[nH]1)C(=O)O. The van der Waals surface area contributed by atoms with Gasteiger partial charge in [-0.1, -0.05) is 18.2 Å². The minimum Gasteiger partial charge on any atom is -0.481 e. The zero-order valence-corrected chi connectivity index (χ0v) is 10.7. The zero-order valence-electron chi connectivity index (χ0n) is 9.86. The number of aromatic amines is 1. The number of para-hydroxylation sites is 1. The second-order valence-electron chi connectivity index (χ2n) is 4.70. The van der Waals surface area contributed by atoms with E-state index in [1.54, 1.807) is 25.6 Å². The van der Waals surface area contributed by atoms with E-state index in [0.29, 0.717) is 5.75 Å². The van der Waals surface area contributed by atoms with Gasteiger partial charge in [0.1, 0.15) is 0 Å². The van der Waals surface area contributed by atoms with Gasteiger partial charge in [-0.25, -0.2) is 0 Å². The molecule has 0 unspecified atom stereocenters. The van der Waals surface area contributed by atoms with Crippen LogP contribution in [0.4, 0.5) is 0 Å². The number of carboxylic acids is 1. The summed E-state index contributed by atoms with van der Waals surface area (Å²) in [6.45, 7) is 3.48. The van der Waals surface area contributed by atoms with Gasteiger partial charge in [-0.2, -0.15) is 0 Å². The fourth-order valence-electron chi connectivity index (χ4n) is 1.44. The van der Waals surface area contributed by atoms with Gasteiger partial charge in [0.15, 0.2) is 0 Å². The molecule has 1 aromatic carbocycles. The van der Waals surface area contributed by atoms with E-state index in [9.17, 15) is 4.79 Å². The van der Waals surface area contributed by atoms with E-state index >= 15 is 0 Å². The molecule has 0 saturated heterocycles. The first-order valence-corrected chi connectivity index (χ1v) is 6.41. The van der Waals surface area contributed by atoms with Gasteiger partial charge in [-0.15, -0.1) is 11.8 Å². The molecule has 0 aliphatic carbocycles. The number of H-pyrrole nitrogens is 1. The second kappa shape index (κ2) is 4.45. The lowest BCUT2D eigenvalue weighted by Crippen LogP contribution is -2.26. The lowest BCUT2D eigenvalue weighted by molar-refractivity contribution is -0.145. The summed E-state index contributed by atoms with van der Waals surface area (Å²) in [5, 5.41) is 11.2. The molecule has 4 heteroatoms. The van der Waals surface area contributed by atoms with Crippen LogP contribution >= 0.6 is 11.8 Å². The van der Waals surface area contributed by atoms with Crippen LogP contribution in [0.1, 0.15) is 13.8 Å². The minimum absolute atomic E-state index is 0.551. The summed E-state index contributed by atoms with van der Waals surface area (Å²) in [4.78, 5) is 14.3. The Morgan fingerprint density at radius 1 is 1.41 bits per heavy atom. The zero-order chi connectivity index (χ0) is 12.5. The van der Waals surface area contributed by atoms with Crippen molar-refractivity contribution in [3.8, 4) is 0 Å². The average Bonchev–Trinajstić information content (AvgIpc) is 2.69. The van der Waals surface area contributed by atoms with Crippen molar-refractivity contribution in [1.82, 2.24) is 4.98 Å². The van der Waals surface area contributed by atoms with Crippen LogP contribution in [0.5, 0.6) is 0 Å². The van der Waals surface area contributed by atoms with Crippen LogP contribution in [-0.4, -0.2) is 21.8 Å². The Morgan fingerprint density at radius 2 is 2.12 bits per heavy atom. The molecule has 0 radical (unpaired) electrons. The summed E-state index contributed by atoms with van der Waals surface area (Å²) in [6.07, 6.45) is 0. The van der Waals surface area contributed by atoms with Crippen molar-refractivity contribution in [2.24, 2.45) is 5.41 Å². The highest BCUT2D eigenvalue weighted by Crippen LogP contribution is 2.29. The molecule has 0 spiro atoms. The molecule has 0 saturated carbocycles. The third-order valence-corrected chi connectivity index (χ3v) is 4.07. The lowest BCUT2D eigenvalue weighted by Gasteiger charge is -2.17. The van der Waals surface area contributed by atoms with Gasteiger partial charge >= 0.3 is 5.97 Å². The van der Waals surface area contributed by atoms with Gasteiger partial charge in [0.2, 0.25) is 0 Å². The van der Waals surface area contributed by atoms with Crippen LogP contribution in [0.3, 0.4) is 0 Å². The highest BCUT2D eigenvalue weighted by atomic mass is 32.2. The van der Waals surface area contributed by atoms with Crippen molar-refractivity contribution in [2.75, 3.05) is 5.75 Å². The smallest absolute Gasteiger partial charge is 0.309 e. The van der Waals surface area contributed by atoms with Crippen molar-refractivity contribution < 1.29 is 9.90 Å². The van der Waals surface area contributed by atoms with Crippen molar-refractivity contribution in [1.29, 1.82) is 0 Å². The van der Waals surface area contributed by atoms with E-state index < -0.39 is 11.4 Å². The van der Waals surface area contributed by atoms with Crippen LogP contribution in [0.15, 0.2) is 35.4 Å². The molecule has 0 aliphatic heterocycles. The van der Waals surface area contributed by atoms with Crippen LogP contribution in [0.2, 0.25) is 0 Å². The molecule has 0 bridgehead atoms. The van der Waals surface area contributed by atoms with Gasteiger partial charge in [0.05, 0.1) is 10.4 Å². The molecule has 17 heavy (non-hydrogen) atoms. The number of fused-ring (bicyclic) bond motifs is 1. The van der Waals surface area contributed by atoms with Gasteiger partial charge in [-0.05, 0) is 26.0 Å². The summed E-state index contributed by atoms with van der Waals surface area (Å²) < 4.78 is 0. The van der Waals surface area contributed by atoms with Gasteiger partial charge in [-0.3, -0.25) is 4.79 Å². The first-order chi connectivity index (χ1) is 7.99. The number of hydrogen-bond acceptors (Lipinski definition) is 2. The maximum Gasteiger partial charge on any atom is 0.309 e. The number of nitrogens with one attached hydrogen (secondary N) is 1. The normalized spacial score (nSPS) is 11.9. The Morgan fingerprint density at radius 3 is 2.76 bits per heavy atom. The predicted molar refractivity (Wildman–Crippen MR) is 70.4 cm³/mol. The van der Waals surface area contributed by atoms with Crippen LogP contribution < -0.4 is 0 Å². The minimum atomic E-state index is -0.763. The molecule has 2 aromatic rings. The number of carboxylic acid groups (broad SMARTS) is 1.